The lowest BCUT2D eigenvalue weighted by molar-refractivity contribution is 0.159. The van der Waals surface area contributed by atoms with E-state index in [-0.39, 0.29) is 24.0 Å². The lowest BCUT2D eigenvalue weighted by Crippen LogP contribution is -2.45. The molecule has 5 nitrogen and oxygen atoms in total. The Labute approximate surface area is 182 Å². The standard InChI is InChI=1S/C21H36N4O.HI/c1-17(2)14-25-12-6-7-19(16-25)13-23-21(22-3)24(4)15-18-8-10-20(26-5)11-9-18;/h8-11,17,19H,6-7,12-16H2,1-5H3,(H,22,23);1H. The van der Waals surface area contributed by atoms with Crippen LogP contribution in [-0.4, -0.2) is 63.1 Å². The first-order chi connectivity index (χ1) is 12.5. The van der Waals surface area contributed by atoms with E-state index < -0.39 is 0 Å². The highest BCUT2D eigenvalue weighted by Crippen LogP contribution is 2.17. The quantitative estimate of drug-likeness (QED) is 0.361. The summed E-state index contributed by atoms with van der Waals surface area (Å²) in [6.45, 7) is 10.1. The van der Waals surface area contributed by atoms with Crippen LogP contribution in [0.15, 0.2) is 29.3 Å². The Morgan fingerprint density at radius 1 is 1.33 bits per heavy atom. The fraction of sp³-hybridized carbons (Fsp3) is 0.667. The van der Waals surface area contributed by atoms with Gasteiger partial charge in [-0.05, 0) is 48.9 Å². The number of nitrogens with one attached hydrogen (secondary N) is 1. The molecule has 0 saturated carbocycles. The first-order valence-electron chi connectivity index (χ1n) is 9.79. The van der Waals surface area contributed by atoms with E-state index in [9.17, 15) is 0 Å². The Morgan fingerprint density at radius 2 is 2.04 bits per heavy atom. The summed E-state index contributed by atoms with van der Waals surface area (Å²) >= 11 is 0. The van der Waals surface area contributed by atoms with Gasteiger partial charge < -0.3 is 19.9 Å². The van der Waals surface area contributed by atoms with E-state index in [0.29, 0.717) is 5.92 Å². The number of rotatable bonds is 7. The fourth-order valence-electron chi connectivity index (χ4n) is 3.70. The normalized spacial score (nSPS) is 18.1. The molecule has 6 heteroatoms. The number of hydrogen-bond donors (Lipinski definition) is 1. The largest absolute Gasteiger partial charge is 0.497 e. The molecule has 1 aliphatic heterocycles. The number of ether oxygens (including phenoxy) is 1. The SMILES string of the molecule is CN=C(NCC1CCCN(CC(C)C)C1)N(C)Cc1ccc(OC)cc1.I. The van der Waals surface area contributed by atoms with Crippen molar-refractivity contribution < 1.29 is 4.74 Å². The molecule has 0 aliphatic carbocycles. The summed E-state index contributed by atoms with van der Waals surface area (Å²) < 4.78 is 5.23. The van der Waals surface area contributed by atoms with E-state index >= 15 is 0 Å². The van der Waals surface area contributed by atoms with Gasteiger partial charge in [-0.15, -0.1) is 24.0 Å². The number of piperidine rings is 1. The van der Waals surface area contributed by atoms with Crippen LogP contribution in [0.5, 0.6) is 5.75 Å². The zero-order chi connectivity index (χ0) is 18.9. The Bertz CT molecular complexity index is 562. The van der Waals surface area contributed by atoms with Gasteiger partial charge in [-0.2, -0.15) is 0 Å². The number of likely N-dealkylation sites (tertiary alicyclic amines) is 1. The van der Waals surface area contributed by atoms with Crippen molar-refractivity contribution in [2.24, 2.45) is 16.8 Å². The maximum atomic E-state index is 5.23. The van der Waals surface area contributed by atoms with E-state index in [2.05, 4.69) is 53.1 Å². The average molecular weight is 488 g/mol. The predicted molar refractivity (Wildman–Crippen MR) is 125 cm³/mol. The third-order valence-electron chi connectivity index (χ3n) is 4.93. The van der Waals surface area contributed by atoms with Crippen molar-refractivity contribution in [3.05, 3.63) is 29.8 Å². The van der Waals surface area contributed by atoms with Crippen LogP contribution in [0.25, 0.3) is 0 Å². The van der Waals surface area contributed by atoms with Gasteiger partial charge in [-0.25, -0.2) is 0 Å². The zero-order valence-electron chi connectivity index (χ0n) is 17.6. The van der Waals surface area contributed by atoms with Crippen molar-refractivity contribution in [1.29, 1.82) is 0 Å². The van der Waals surface area contributed by atoms with Gasteiger partial charge in [0, 0.05) is 40.3 Å². The van der Waals surface area contributed by atoms with Crippen molar-refractivity contribution in [3.63, 3.8) is 0 Å². The second-order valence-corrected chi connectivity index (χ2v) is 7.79. The van der Waals surface area contributed by atoms with Gasteiger partial charge in [0.25, 0.3) is 0 Å². The summed E-state index contributed by atoms with van der Waals surface area (Å²) in [6, 6.07) is 8.22. The molecule has 27 heavy (non-hydrogen) atoms. The summed E-state index contributed by atoms with van der Waals surface area (Å²) in [6.07, 6.45) is 2.61. The molecule has 154 valence electrons. The highest BCUT2D eigenvalue weighted by Gasteiger charge is 2.21. The van der Waals surface area contributed by atoms with Crippen molar-refractivity contribution in [3.8, 4) is 5.75 Å². The van der Waals surface area contributed by atoms with Gasteiger partial charge in [0.1, 0.15) is 5.75 Å². The van der Waals surface area contributed by atoms with Gasteiger partial charge in [-0.1, -0.05) is 26.0 Å². The van der Waals surface area contributed by atoms with E-state index in [1.54, 1.807) is 7.11 Å². The number of guanidine groups is 1. The zero-order valence-corrected chi connectivity index (χ0v) is 19.9. The average Bonchev–Trinajstić information content (AvgIpc) is 2.62. The molecule has 0 bridgehead atoms. The molecule has 1 unspecified atom stereocenters. The molecule has 1 fully saturated rings. The molecule has 0 spiro atoms. The minimum atomic E-state index is 0. The van der Waals surface area contributed by atoms with Crippen molar-refractivity contribution in [2.75, 3.05) is 47.4 Å². The van der Waals surface area contributed by atoms with E-state index in [1.165, 1.54) is 38.0 Å². The van der Waals surface area contributed by atoms with Crippen LogP contribution < -0.4 is 10.1 Å². The van der Waals surface area contributed by atoms with E-state index in [0.717, 1.165) is 30.7 Å². The van der Waals surface area contributed by atoms with E-state index in [4.69, 9.17) is 4.74 Å². The van der Waals surface area contributed by atoms with Crippen LogP contribution in [-0.2, 0) is 6.54 Å². The van der Waals surface area contributed by atoms with Gasteiger partial charge in [0.2, 0.25) is 0 Å². The molecule has 1 N–H and O–H groups in total. The maximum Gasteiger partial charge on any atom is 0.193 e. The molecule has 2 rings (SSSR count). The number of nitrogens with zero attached hydrogens (tertiary/aromatic N) is 3. The molecule has 0 radical (unpaired) electrons. The van der Waals surface area contributed by atoms with Crippen molar-refractivity contribution in [2.45, 2.75) is 33.2 Å². The van der Waals surface area contributed by atoms with Gasteiger partial charge >= 0.3 is 0 Å². The number of hydrogen-bond acceptors (Lipinski definition) is 3. The van der Waals surface area contributed by atoms with Crippen LogP contribution in [0.2, 0.25) is 0 Å². The Balaban J connectivity index is 0.00000364. The predicted octanol–water partition coefficient (Wildman–Crippen LogP) is 3.69. The minimum absolute atomic E-state index is 0. The lowest BCUT2D eigenvalue weighted by Gasteiger charge is -2.34. The van der Waals surface area contributed by atoms with Crippen LogP contribution in [0.4, 0.5) is 0 Å². The summed E-state index contributed by atoms with van der Waals surface area (Å²) in [5.74, 6) is 3.29. The molecule has 1 aromatic rings. The monoisotopic (exact) mass is 488 g/mol. The number of methoxy groups -OCH3 is 1. The first-order valence-corrected chi connectivity index (χ1v) is 9.79. The fourth-order valence-corrected chi connectivity index (χ4v) is 3.70. The highest BCUT2D eigenvalue weighted by molar-refractivity contribution is 14.0. The number of halogens is 1. The molecule has 0 amide bonds. The van der Waals surface area contributed by atoms with Crippen LogP contribution in [0.1, 0.15) is 32.3 Å². The van der Waals surface area contributed by atoms with Crippen molar-refractivity contribution >= 4 is 29.9 Å². The molecular weight excluding hydrogens is 451 g/mol. The summed E-state index contributed by atoms with van der Waals surface area (Å²) in [5, 5.41) is 3.58. The molecule has 1 saturated heterocycles. The molecule has 1 aromatic carbocycles. The molecule has 1 atom stereocenters. The maximum absolute atomic E-state index is 5.23. The second-order valence-electron chi connectivity index (χ2n) is 7.79. The smallest absolute Gasteiger partial charge is 0.193 e. The second kappa shape index (κ2) is 12.4. The van der Waals surface area contributed by atoms with Gasteiger partial charge in [0.15, 0.2) is 5.96 Å². The lowest BCUT2D eigenvalue weighted by atomic mass is 9.97. The van der Waals surface area contributed by atoms with Crippen LogP contribution >= 0.6 is 24.0 Å². The Hall–Kier alpha value is -1.02. The van der Waals surface area contributed by atoms with Crippen LogP contribution in [0, 0.1) is 11.8 Å². The highest BCUT2D eigenvalue weighted by atomic mass is 127. The summed E-state index contributed by atoms with van der Waals surface area (Å²) in [7, 11) is 5.64. The van der Waals surface area contributed by atoms with Crippen molar-refractivity contribution in [1.82, 2.24) is 15.1 Å². The topological polar surface area (TPSA) is 40.1 Å². The van der Waals surface area contributed by atoms with Gasteiger partial charge in [0.05, 0.1) is 7.11 Å². The summed E-state index contributed by atoms with van der Waals surface area (Å²) in [5.41, 5.74) is 1.25. The Kier molecular flexibility index (Phi) is 11.1. The molecule has 1 aliphatic rings. The third kappa shape index (κ3) is 8.25. The van der Waals surface area contributed by atoms with E-state index in [1.807, 2.05) is 19.2 Å². The Morgan fingerprint density at radius 3 is 2.63 bits per heavy atom. The molecule has 0 aromatic heterocycles. The minimum Gasteiger partial charge on any atom is -0.497 e. The number of benzene rings is 1. The van der Waals surface area contributed by atoms with Gasteiger partial charge in [-0.3, -0.25) is 4.99 Å². The first kappa shape index (κ1) is 24.0. The summed E-state index contributed by atoms with van der Waals surface area (Å²) in [4.78, 5) is 9.26. The van der Waals surface area contributed by atoms with Crippen LogP contribution in [0.3, 0.4) is 0 Å². The number of aliphatic imine (C=N–C) groups is 1. The molecular formula is C21H37IN4O. The third-order valence-corrected chi connectivity index (χ3v) is 4.93. The molecule has 1 heterocycles.